The zero-order valence-electron chi connectivity index (χ0n) is 25.5. The molecule has 1 N–H and O–H groups in total. The third-order valence-corrected chi connectivity index (χ3v) is 10.2. The first-order chi connectivity index (χ1) is 21.7. The van der Waals surface area contributed by atoms with Gasteiger partial charge in [0.25, 0.3) is 15.9 Å². The average molecular weight is 706 g/mol. The maximum atomic E-state index is 13.8. The number of esters is 1. The second-order valence-electron chi connectivity index (χ2n) is 9.92. The Bertz CT molecular complexity index is 1910. The number of hydrogen-bond acceptors (Lipinski definition) is 9. The largest absolute Gasteiger partial charge is 0.497 e. The summed E-state index contributed by atoms with van der Waals surface area (Å²) in [6.07, 6.45) is 5.13. The third-order valence-electron chi connectivity index (χ3n) is 6.77. The number of Topliss-reactive ketones (excluding diaryl/α,β-unsaturated/α-hetero) is 1. The molecular formula is C32H30Cl2N2O8S2. The van der Waals surface area contributed by atoms with Crippen molar-refractivity contribution in [2.75, 3.05) is 26.1 Å². The first-order valence-electron chi connectivity index (χ1n) is 13.8. The van der Waals surface area contributed by atoms with Crippen molar-refractivity contribution in [3.63, 3.8) is 0 Å². The van der Waals surface area contributed by atoms with E-state index in [1.807, 2.05) is 6.92 Å². The van der Waals surface area contributed by atoms with E-state index in [0.29, 0.717) is 34.9 Å². The van der Waals surface area contributed by atoms with Gasteiger partial charge in [-0.1, -0.05) is 29.3 Å². The molecule has 46 heavy (non-hydrogen) atoms. The van der Waals surface area contributed by atoms with Crippen LogP contribution in [0.25, 0.3) is 0 Å². The van der Waals surface area contributed by atoms with E-state index >= 15 is 0 Å². The molecule has 0 fully saturated rings. The van der Waals surface area contributed by atoms with Crippen LogP contribution in [0.2, 0.25) is 9.36 Å². The second kappa shape index (κ2) is 14.5. The number of aryl methyl sites for hydroxylation is 1. The van der Waals surface area contributed by atoms with Crippen LogP contribution in [0.3, 0.4) is 0 Å². The number of methoxy groups -OCH3 is 1. The molecule has 1 aliphatic rings. The van der Waals surface area contributed by atoms with Gasteiger partial charge in [0, 0.05) is 35.4 Å². The van der Waals surface area contributed by atoms with E-state index in [1.54, 1.807) is 37.3 Å². The fourth-order valence-electron chi connectivity index (χ4n) is 4.41. The van der Waals surface area contributed by atoms with Crippen LogP contribution in [-0.2, 0) is 19.5 Å². The molecule has 0 saturated heterocycles. The number of likely N-dealkylation sites (N-methyl/N-ethyl adjacent to an activating group) is 1. The number of ether oxygens (including phenoxy) is 3. The molecule has 0 atom stereocenters. The highest BCUT2D eigenvalue weighted by molar-refractivity contribution is 7.89. The molecular weight excluding hydrogens is 675 g/mol. The number of allylic oxidation sites excluding steroid dienone is 3. The Hall–Kier alpha value is -4.10. The van der Waals surface area contributed by atoms with Gasteiger partial charge in [0.05, 0.1) is 23.6 Å². The van der Waals surface area contributed by atoms with Gasteiger partial charge < -0.3 is 19.5 Å². The maximum absolute atomic E-state index is 13.8. The van der Waals surface area contributed by atoms with Crippen LogP contribution in [0.4, 0.5) is 5.69 Å². The van der Waals surface area contributed by atoms with Gasteiger partial charge in [0.2, 0.25) is 0 Å². The van der Waals surface area contributed by atoms with Crippen LogP contribution in [0.5, 0.6) is 5.75 Å². The minimum atomic E-state index is -4.28. The normalized spacial score (nSPS) is 13.1. The maximum Gasteiger partial charge on any atom is 0.343 e. The molecule has 10 nitrogen and oxygen atoms in total. The number of carbonyl (C=O) groups is 3. The number of benzene rings is 2. The van der Waals surface area contributed by atoms with Crippen molar-refractivity contribution in [3.05, 3.63) is 109 Å². The lowest BCUT2D eigenvalue weighted by Crippen LogP contribution is -2.27. The van der Waals surface area contributed by atoms with Crippen molar-refractivity contribution < 1.29 is 37.0 Å². The minimum Gasteiger partial charge on any atom is -0.497 e. The molecule has 14 heteroatoms. The van der Waals surface area contributed by atoms with Gasteiger partial charge >= 0.3 is 5.97 Å². The van der Waals surface area contributed by atoms with Gasteiger partial charge in [-0.25, -0.2) is 13.2 Å². The minimum absolute atomic E-state index is 0.0252. The number of anilines is 1. The van der Waals surface area contributed by atoms with E-state index in [2.05, 4.69) is 5.32 Å². The Morgan fingerprint density at radius 2 is 1.78 bits per heavy atom. The standard InChI is InChI=1S/C32H30Cl2N2O8S2/c1-6-43-27-12-9-24(8-11-26(27)42-5)36(4)46(40,41)28-17-29(34)45-30(28)31(38)35-23-15-21(14-22(33)16-23)32(39)44-25-10-7-20(19(3)37)13-18(25)2/h7-10,12-17H,6,11H2,1-5H3,(H,35,38). The first-order valence-corrected chi connectivity index (χ1v) is 16.8. The zero-order chi connectivity index (χ0) is 33.8. The topological polar surface area (TPSA) is 128 Å². The monoisotopic (exact) mass is 704 g/mol. The number of rotatable bonds is 11. The summed E-state index contributed by atoms with van der Waals surface area (Å²) in [5, 5.41) is 2.73. The van der Waals surface area contributed by atoms with Crippen molar-refractivity contribution in [1.29, 1.82) is 0 Å². The Kier molecular flexibility index (Phi) is 11.0. The number of amides is 1. The highest BCUT2D eigenvalue weighted by atomic mass is 35.5. The number of sulfonamides is 1. The summed E-state index contributed by atoms with van der Waals surface area (Å²) >= 11 is 13.3. The summed E-state index contributed by atoms with van der Waals surface area (Å²) in [5.41, 5.74) is 1.51. The van der Waals surface area contributed by atoms with Crippen LogP contribution in [0.15, 0.2) is 82.8 Å². The predicted molar refractivity (Wildman–Crippen MR) is 177 cm³/mol. The Morgan fingerprint density at radius 1 is 1.04 bits per heavy atom. The van der Waals surface area contributed by atoms with Crippen molar-refractivity contribution in [2.45, 2.75) is 32.1 Å². The van der Waals surface area contributed by atoms with Crippen LogP contribution in [0.1, 0.15) is 56.2 Å². The summed E-state index contributed by atoms with van der Waals surface area (Å²) in [5.74, 6) is -0.416. The highest BCUT2D eigenvalue weighted by Gasteiger charge is 2.31. The molecule has 1 aromatic heterocycles. The lowest BCUT2D eigenvalue weighted by molar-refractivity contribution is 0.0733. The Morgan fingerprint density at radius 3 is 2.43 bits per heavy atom. The number of nitrogens with zero attached hydrogens (tertiary/aromatic N) is 1. The molecule has 0 radical (unpaired) electrons. The summed E-state index contributed by atoms with van der Waals surface area (Å²) in [4.78, 5) is 37.6. The van der Waals surface area contributed by atoms with Gasteiger partial charge in [-0.05, 0) is 81.0 Å². The Balaban J connectivity index is 1.57. The molecule has 0 bridgehead atoms. The summed E-state index contributed by atoms with van der Waals surface area (Å²) in [7, 11) is -1.41. The van der Waals surface area contributed by atoms with Crippen LogP contribution in [-0.4, -0.2) is 51.1 Å². The van der Waals surface area contributed by atoms with E-state index < -0.39 is 21.9 Å². The van der Waals surface area contributed by atoms with Crippen molar-refractivity contribution >= 4 is 67.9 Å². The molecule has 3 aromatic rings. The van der Waals surface area contributed by atoms with Gasteiger partial charge in [0.15, 0.2) is 11.5 Å². The summed E-state index contributed by atoms with van der Waals surface area (Å²) in [6, 6.07) is 9.99. The molecule has 0 unspecified atom stereocenters. The predicted octanol–water partition coefficient (Wildman–Crippen LogP) is 7.40. The number of nitrogens with one attached hydrogen (secondary N) is 1. The smallest absolute Gasteiger partial charge is 0.343 e. The van der Waals surface area contributed by atoms with Crippen molar-refractivity contribution in [3.8, 4) is 5.75 Å². The number of thiophene rings is 1. The van der Waals surface area contributed by atoms with E-state index in [9.17, 15) is 22.8 Å². The van der Waals surface area contributed by atoms with E-state index in [0.717, 1.165) is 15.6 Å². The van der Waals surface area contributed by atoms with E-state index in [-0.39, 0.29) is 48.3 Å². The van der Waals surface area contributed by atoms with Crippen molar-refractivity contribution in [2.24, 2.45) is 0 Å². The molecule has 0 saturated carbocycles. The van der Waals surface area contributed by atoms with Crippen molar-refractivity contribution in [1.82, 2.24) is 4.31 Å². The molecule has 2 aromatic carbocycles. The zero-order valence-corrected chi connectivity index (χ0v) is 28.6. The highest BCUT2D eigenvalue weighted by Crippen LogP contribution is 2.35. The lowest BCUT2D eigenvalue weighted by atomic mass is 10.1. The fraction of sp³-hybridized carbons (Fsp3) is 0.219. The second-order valence-corrected chi connectivity index (χ2v) is 14.0. The molecule has 242 valence electrons. The number of hydrogen-bond donors (Lipinski definition) is 1. The van der Waals surface area contributed by atoms with Crippen LogP contribution < -0.4 is 10.1 Å². The van der Waals surface area contributed by atoms with E-state index in [4.69, 9.17) is 37.4 Å². The Labute approximate surface area is 280 Å². The van der Waals surface area contributed by atoms with Gasteiger partial charge in [-0.2, -0.15) is 0 Å². The van der Waals surface area contributed by atoms with E-state index in [1.165, 1.54) is 51.4 Å². The molecule has 0 aliphatic heterocycles. The fourth-order valence-corrected chi connectivity index (χ4v) is 7.55. The lowest BCUT2D eigenvalue weighted by Gasteiger charge is -2.20. The number of carbonyl (C=O) groups excluding carboxylic acids is 3. The summed E-state index contributed by atoms with van der Waals surface area (Å²) < 4.78 is 45.2. The van der Waals surface area contributed by atoms with Crippen LogP contribution in [0, 0.1) is 6.92 Å². The van der Waals surface area contributed by atoms with Gasteiger partial charge in [0.1, 0.15) is 21.3 Å². The molecule has 1 amide bonds. The SMILES string of the molecule is CCOC1=C(OC)CC=C(N(C)S(=O)(=O)c2cc(Cl)sc2C(=O)Nc2cc(Cl)cc(C(=O)Oc3ccc(C(C)=O)cc3C)c2)C=C1. The molecule has 4 rings (SSSR count). The quantitative estimate of drug-likeness (QED) is 0.124. The summed E-state index contributed by atoms with van der Waals surface area (Å²) in [6.45, 7) is 5.35. The average Bonchev–Trinajstić information content (AvgIpc) is 3.30. The molecule has 1 heterocycles. The number of ketones is 1. The van der Waals surface area contributed by atoms with Crippen LogP contribution >= 0.6 is 34.5 Å². The third kappa shape index (κ3) is 7.81. The molecule has 0 spiro atoms. The number of halogens is 2. The first kappa shape index (κ1) is 34.8. The van der Waals surface area contributed by atoms with Gasteiger partial charge in [-0.3, -0.25) is 13.9 Å². The molecule has 1 aliphatic carbocycles. The van der Waals surface area contributed by atoms with Gasteiger partial charge in [-0.15, -0.1) is 11.3 Å².